The average Bonchev–Trinajstić information content (AvgIpc) is 3.67. The topological polar surface area (TPSA) is 74.9 Å². The summed E-state index contributed by atoms with van der Waals surface area (Å²) >= 11 is 0. The van der Waals surface area contributed by atoms with Gasteiger partial charge >= 0.3 is 6.01 Å². The summed E-state index contributed by atoms with van der Waals surface area (Å²) in [6, 6.07) is 9.67. The van der Waals surface area contributed by atoms with Gasteiger partial charge in [0.05, 0.1) is 6.61 Å². The Hall–Kier alpha value is -2.87. The third kappa shape index (κ3) is 6.70. The van der Waals surface area contributed by atoms with Crippen LogP contribution < -0.4 is 9.64 Å². The molecule has 3 aliphatic rings. The standard InChI is InChI=1S/C32H47N5O3/c1-22(2)30-33-32(40-34-30)36-17-14-24(15-18-36)21-39-29-12-10-26(11-13-29)25-6-8-27(9-7-25)31(38)37-19-16-28(20-37)23(3)35(4)5/h6,10-13,22-24,27-28H,7-9,14-21H2,1-5H3/t23-,27?,28-/m1/s1. The number of ether oxygens (including phenoxy) is 1. The van der Waals surface area contributed by atoms with Crippen LogP contribution in [-0.4, -0.2) is 78.8 Å². The van der Waals surface area contributed by atoms with Crippen LogP contribution in [0.5, 0.6) is 5.75 Å². The number of rotatable bonds is 9. The number of hydrogen-bond acceptors (Lipinski definition) is 7. The fourth-order valence-electron chi connectivity index (χ4n) is 6.24. The number of likely N-dealkylation sites (tertiary alicyclic amines) is 1. The molecule has 218 valence electrons. The van der Waals surface area contributed by atoms with Crippen molar-refractivity contribution in [3.63, 3.8) is 0 Å². The molecular formula is C32H47N5O3. The third-order valence-electron chi connectivity index (χ3n) is 9.34. The van der Waals surface area contributed by atoms with E-state index >= 15 is 0 Å². The van der Waals surface area contributed by atoms with Crippen LogP contribution in [0.2, 0.25) is 0 Å². The monoisotopic (exact) mass is 549 g/mol. The molecule has 5 rings (SSSR count). The molecule has 3 atom stereocenters. The SMILES string of the molecule is CC(C)c1noc(N2CCC(COc3ccc(C4=CCC(C(=O)N5CC[C@@H]([C@@H](C)N(C)C)C5)CC4)cc3)CC2)n1. The molecule has 2 fully saturated rings. The van der Waals surface area contributed by atoms with Gasteiger partial charge in [-0.1, -0.05) is 37.2 Å². The summed E-state index contributed by atoms with van der Waals surface area (Å²) in [5, 5.41) is 4.09. The molecule has 2 aromatic rings. The van der Waals surface area contributed by atoms with Crippen molar-refractivity contribution in [2.75, 3.05) is 51.8 Å². The number of piperidine rings is 1. The Morgan fingerprint density at radius 1 is 1.07 bits per heavy atom. The Labute approximate surface area is 239 Å². The average molecular weight is 550 g/mol. The van der Waals surface area contributed by atoms with Crippen LogP contribution in [0.4, 0.5) is 6.01 Å². The fraction of sp³-hybridized carbons (Fsp3) is 0.656. The minimum atomic E-state index is 0.128. The van der Waals surface area contributed by atoms with E-state index in [-0.39, 0.29) is 11.8 Å². The summed E-state index contributed by atoms with van der Waals surface area (Å²) in [7, 11) is 4.26. The smallest absolute Gasteiger partial charge is 0.324 e. The van der Waals surface area contributed by atoms with Gasteiger partial charge in [0, 0.05) is 44.1 Å². The van der Waals surface area contributed by atoms with Crippen LogP contribution in [0.25, 0.3) is 5.57 Å². The van der Waals surface area contributed by atoms with Gasteiger partial charge in [-0.2, -0.15) is 4.98 Å². The number of carbonyl (C=O) groups excluding carboxylic acids is 1. The van der Waals surface area contributed by atoms with Gasteiger partial charge in [0.1, 0.15) is 5.75 Å². The van der Waals surface area contributed by atoms with E-state index in [9.17, 15) is 4.79 Å². The summed E-state index contributed by atoms with van der Waals surface area (Å²) in [5.41, 5.74) is 2.60. The van der Waals surface area contributed by atoms with Crippen LogP contribution in [0.3, 0.4) is 0 Å². The highest BCUT2D eigenvalue weighted by Gasteiger charge is 2.34. The Morgan fingerprint density at radius 2 is 1.82 bits per heavy atom. The first-order chi connectivity index (χ1) is 19.3. The van der Waals surface area contributed by atoms with Crippen LogP contribution in [-0.2, 0) is 4.79 Å². The van der Waals surface area contributed by atoms with Gasteiger partial charge in [0.2, 0.25) is 5.91 Å². The van der Waals surface area contributed by atoms with E-state index in [1.54, 1.807) is 0 Å². The van der Waals surface area contributed by atoms with Gasteiger partial charge in [0.25, 0.3) is 0 Å². The molecule has 2 aliphatic heterocycles. The molecule has 2 saturated heterocycles. The Balaban J connectivity index is 1.05. The number of amides is 1. The van der Waals surface area contributed by atoms with E-state index in [1.165, 1.54) is 11.1 Å². The van der Waals surface area contributed by atoms with Crippen LogP contribution in [0.15, 0.2) is 34.9 Å². The predicted octanol–water partition coefficient (Wildman–Crippen LogP) is 5.47. The molecule has 3 heterocycles. The number of carbonyl (C=O) groups is 1. The lowest BCUT2D eigenvalue weighted by Crippen LogP contribution is -2.38. The van der Waals surface area contributed by atoms with Gasteiger partial charge < -0.3 is 24.0 Å². The van der Waals surface area contributed by atoms with E-state index in [1.807, 2.05) is 0 Å². The Bertz CT molecular complexity index is 1150. The molecular weight excluding hydrogens is 502 g/mol. The van der Waals surface area contributed by atoms with Crippen LogP contribution in [0.1, 0.15) is 76.6 Å². The first kappa shape index (κ1) is 28.7. The number of nitrogens with zero attached hydrogens (tertiary/aromatic N) is 5. The maximum Gasteiger partial charge on any atom is 0.324 e. The minimum Gasteiger partial charge on any atom is -0.493 e. The number of anilines is 1. The van der Waals surface area contributed by atoms with Crippen molar-refractivity contribution in [3.05, 3.63) is 41.7 Å². The molecule has 8 heteroatoms. The predicted molar refractivity (Wildman–Crippen MR) is 158 cm³/mol. The molecule has 1 amide bonds. The summed E-state index contributed by atoms with van der Waals surface area (Å²) in [4.78, 5) is 24.3. The lowest BCUT2D eigenvalue weighted by molar-refractivity contribution is -0.134. The zero-order valence-corrected chi connectivity index (χ0v) is 25.0. The van der Waals surface area contributed by atoms with Gasteiger partial charge in [0.15, 0.2) is 5.82 Å². The molecule has 0 bridgehead atoms. The third-order valence-corrected chi connectivity index (χ3v) is 9.34. The fourth-order valence-corrected chi connectivity index (χ4v) is 6.24. The molecule has 1 aromatic heterocycles. The molecule has 1 aliphatic carbocycles. The second kappa shape index (κ2) is 12.8. The van der Waals surface area contributed by atoms with Crippen molar-refractivity contribution in [2.24, 2.45) is 17.8 Å². The van der Waals surface area contributed by atoms with E-state index < -0.39 is 0 Å². The second-order valence-corrected chi connectivity index (χ2v) is 12.6. The van der Waals surface area contributed by atoms with Crippen molar-refractivity contribution < 1.29 is 14.1 Å². The second-order valence-electron chi connectivity index (χ2n) is 12.6. The van der Waals surface area contributed by atoms with Crippen molar-refractivity contribution in [2.45, 2.75) is 71.3 Å². The van der Waals surface area contributed by atoms with Crippen molar-refractivity contribution in [1.82, 2.24) is 19.9 Å². The largest absolute Gasteiger partial charge is 0.493 e. The van der Waals surface area contributed by atoms with Crippen molar-refractivity contribution in [1.29, 1.82) is 0 Å². The van der Waals surface area contributed by atoms with E-state index in [0.717, 1.165) is 82.9 Å². The highest BCUT2D eigenvalue weighted by Crippen LogP contribution is 2.34. The maximum atomic E-state index is 13.2. The molecule has 40 heavy (non-hydrogen) atoms. The van der Waals surface area contributed by atoms with Crippen molar-refractivity contribution in [3.8, 4) is 5.75 Å². The molecule has 0 saturated carbocycles. The summed E-state index contributed by atoms with van der Waals surface area (Å²) < 4.78 is 11.6. The zero-order valence-electron chi connectivity index (χ0n) is 25.0. The van der Waals surface area contributed by atoms with Crippen molar-refractivity contribution >= 4 is 17.5 Å². The first-order valence-corrected chi connectivity index (χ1v) is 15.2. The minimum absolute atomic E-state index is 0.128. The lowest BCUT2D eigenvalue weighted by atomic mass is 9.86. The van der Waals surface area contributed by atoms with Crippen LogP contribution >= 0.6 is 0 Å². The number of hydrogen-bond donors (Lipinski definition) is 0. The van der Waals surface area contributed by atoms with Gasteiger partial charge in [-0.25, -0.2) is 0 Å². The van der Waals surface area contributed by atoms with Gasteiger partial charge in [-0.15, -0.1) is 0 Å². The quantitative estimate of drug-likeness (QED) is 0.411. The molecule has 0 radical (unpaired) electrons. The number of aromatic nitrogens is 2. The molecule has 0 spiro atoms. The Morgan fingerprint density at radius 3 is 2.45 bits per heavy atom. The normalized spacial score (nSPS) is 23.1. The number of allylic oxidation sites excluding steroid dienone is 2. The zero-order chi connectivity index (χ0) is 28.2. The highest BCUT2D eigenvalue weighted by atomic mass is 16.5. The van der Waals surface area contributed by atoms with E-state index in [0.29, 0.717) is 29.8 Å². The first-order valence-electron chi connectivity index (χ1n) is 15.2. The van der Waals surface area contributed by atoms with E-state index in [2.05, 4.69) is 90.0 Å². The Kier molecular flexibility index (Phi) is 9.13. The van der Waals surface area contributed by atoms with E-state index in [4.69, 9.17) is 9.26 Å². The van der Waals surface area contributed by atoms with Gasteiger partial charge in [-0.05, 0) is 94.6 Å². The lowest BCUT2D eigenvalue weighted by Gasteiger charge is -2.30. The molecule has 1 unspecified atom stereocenters. The highest BCUT2D eigenvalue weighted by molar-refractivity contribution is 5.81. The summed E-state index contributed by atoms with van der Waals surface area (Å²) in [6.45, 7) is 10.8. The maximum absolute atomic E-state index is 13.2. The number of benzene rings is 1. The molecule has 8 nitrogen and oxygen atoms in total. The van der Waals surface area contributed by atoms with Crippen LogP contribution in [0, 0.1) is 17.8 Å². The molecule has 1 aromatic carbocycles. The van der Waals surface area contributed by atoms with Gasteiger partial charge in [-0.3, -0.25) is 4.79 Å². The summed E-state index contributed by atoms with van der Waals surface area (Å²) in [5.74, 6) is 3.55. The molecule has 0 N–H and O–H groups in total. The summed E-state index contributed by atoms with van der Waals surface area (Å²) in [6.07, 6.45) is 8.25.